The van der Waals surface area contributed by atoms with Crippen LogP contribution in [0, 0.1) is 0 Å². The molecular formula is C18H13Cl2O5-. The Hall–Kier alpha value is -2.50. The smallest absolute Gasteiger partial charge is 0.187 e. The number of carbonyl (C=O) groups is 2. The van der Waals surface area contributed by atoms with Crippen LogP contribution in [-0.2, 0) is 4.79 Å². The minimum absolute atomic E-state index is 0.257. The molecule has 25 heavy (non-hydrogen) atoms. The van der Waals surface area contributed by atoms with Crippen molar-refractivity contribution in [3.05, 3.63) is 63.6 Å². The van der Waals surface area contributed by atoms with Crippen molar-refractivity contribution in [3.8, 4) is 11.5 Å². The number of methoxy groups -OCH3 is 1. The van der Waals surface area contributed by atoms with Crippen molar-refractivity contribution in [1.82, 2.24) is 0 Å². The molecule has 0 bridgehead atoms. The number of carboxylic acids is 1. The lowest BCUT2D eigenvalue weighted by Crippen LogP contribution is -2.29. The summed E-state index contributed by atoms with van der Waals surface area (Å²) in [6.45, 7) is -0.586. The summed E-state index contributed by atoms with van der Waals surface area (Å²) in [6.07, 6.45) is 2.93. The van der Waals surface area contributed by atoms with Gasteiger partial charge in [0.15, 0.2) is 17.3 Å². The van der Waals surface area contributed by atoms with Crippen molar-refractivity contribution in [2.24, 2.45) is 0 Å². The van der Waals surface area contributed by atoms with E-state index in [0.29, 0.717) is 26.9 Å². The average Bonchev–Trinajstić information content (AvgIpc) is 2.60. The molecule has 0 aliphatic heterocycles. The molecule has 2 rings (SSSR count). The number of ketones is 1. The van der Waals surface area contributed by atoms with Gasteiger partial charge < -0.3 is 19.4 Å². The average molecular weight is 380 g/mol. The number of allylic oxidation sites excluding steroid dienone is 1. The number of carboxylic acid groups (broad SMARTS) is 1. The Morgan fingerprint density at radius 3 is 2.56 bits per heavy atom. The van der Waals surface area contributed by atoms with E-state index in [4.69, 9.17) is 32.7 Å². The zero-order chi connectivity index (χ0) is 18.4. The third-order valence-corrected chi connectivity index (χ3v) is 3.72. The van der Waals surface area contributed by atoms with E-state index in [2.05, 4.69) is 0 Å². The summed E-state index contributed by atoms with van der Waals surface area (Å²) >= 11 is 11.9. The van der Waals surface area contributed by atoms with Crippen molar-refractivity contribution in [2.75, 3.05) is 13.7 Å². The van der Waals surface area contributed by atoms with Gasteiger partial charge in [-0.15, -0.1) is 0 Å². The summed E-state index contributed by atoms with van der Waals surface area (Å²) in [5.41, 5.74) is 0.954. The van der Waals surface area contributed by atoms with E-state index in [1.54, 1.807) is 30.3 Å². The fourth-order valence-electron chi connectivity index (χ4n) is 1.99. The van der Waals surface area contributed by atoms with Gasteiger partial charge in [-0.1, -0.05) is 35.3 Å². The van der Waals surface area contributed by atoms with Crippen LogP contribution in [0.5, 0.6) is 11.5 Å². The SMILES string of the molecule is COc1cc(/C=C/C(=O)c2cc(Cl)ccc2Cl)ccc1OCC(=O)[O-]. The Morgan fingerprint density at radius 1 is 1.12 bits per heavy atom. The second-order valence-electron chi connectivity index (χ2n) is 4.89. The van der Waals surface area contributed by atoms with Gasteiger partial charge in [0.1, 0.15) is 6.61 Å². The van der Waals surface area contributed by atoms with Gasteiger partial charge in [0.25, 0.3) is 0 Å². The molecular weight excluding hydrogens is 367 g/mol. The first-order valence-corrected chi connectivity index (χ1v) is 7.84. The largest absolute Gasteiger partial charge is 0.546 e. The Bertz CT molecular complexity index is 830. The van der Waals surface area contributed by atoms with Crippen molar-refractivity contribution < 1.29 is 24.2 Å². The van der Waals surface area contributed by atoms with Gasteiger partial charge >= 0.3 is 0 Å². The van der Waals surface area contributed by atoms with Gasteiger partial charge in [-0.05, 0) is 42.0 Å². The van der Waals surface area contributed by atoms with E-state index in [9.17, 15) is 14.7 Å². The van der Waals surface area contributed by atoms with E-state index in [0.717, 1.165) is 0 Å². The number of halogens is 2. The molecule has 0 atom stereocenters. The number of carbonyl (C=O) groups excluding carboxylic acids is 2. The van der Waals surface area contributed by atoms with Crippen molar-refractivity contribution in [3.63, 3.8) is 0 Å². The zero-order valence-corrected chi connectivity index (χ0v) is 14.6. The summed E-state index contributed by atoms with van der Waals surface area (Å²) < 4.78 is 10.2. The van der Waals surface area contributed by atoms with Crippen LogP contribution in [0.25, 0.3) is 6.08 Å². The normalized spacial score (nSPS) is 10.7. The topological polar surface area (TPSA) is 75.7 Å². The van der Waals surface area contributed by atoms with Crippen LogP contribution in [0.4, 0.5) is 0 Å². The Kier molecular flexibility index (Phi) is 6.44. The van der Waals surface area contributed by atoms with E-state index < -0.39 is 12.6 Å². The Balaban J connectivity index is 2.19. The zero-order valence-electron chi connectivity index (χ0n) is 13.1. The summed E-state index contributed by atoms with van der Waals surface area (Å²) in [4.78, 5) is 22.7. The monoisotopic (exact) mass is 379 g/mol. The van der Waals surface area contributed by atoms with E-state index in [1.165, 1.54) is 25.3 Å². The van der Waals surface area contributed by atoms with Crippen LogP contribution in [0.3, 0.4) is 0 Å². The summed E-state index contributed by atoms with van der Waals surface area (Å²) in [5.74, 6) is -1.05. The van der Waals surface area contributed by atoms with Gasteiger partial charge in [0, 0.05) is 10.6 Å². The molecule has 0 aromatic heterocycles. The molecule has 7 heteroatoms. The maximum atomic E-state index is 12.2. The van der Waals surface area contributed by atoms with E-state index >= 15 is 0 Å². The van der Waals surface area contributed by atoms with Gasteiger partial charge in [0.2, 0.25) is 0 Å². The van der Waals surface area contributed by atoms with Gasteiger partial charge in [-0.25, -0.2) is 0 Å². The second kappa shape index (κ2) is 8.55. The molecule has 130 valence electrons. The fourth-order valence-corrected chi connectivity index (χ4v) is 2.37. The fraction of sp³-hybridized carbons (Fsp3) is 0.111. The summed E-state index contributed by atoms with van der Waals surface area (Å²) in [7, 11) is 1.42. The Labute approximate surface area is 154 Å². The predicted molar refractivity (Wildman–Crippen MR) is 93.3 cm³/mol. The first-order valence-electron chi connectivity index (χ1n) is 7.09. The highest BCUT2D eigenvalue weighted by Crippen LogP contribution is 2.29. The molecule has 2 aromatic carbocycles. The number of benzene rings is 2. The van der Waals surface area contributed by atoms with Gasteiger partial charge in [0.05, 0.1) is 18.1 Å². The number of rotatable bonds is 7. The highest BCUT2D eigenvalue weighted by Gasteiger charge is 2.09. The standard InChI is InChI=1S/C18H14Cl2O5/c1-24-17-8-11(3-7-16(17)25-10-18(22)23)2-6-15(21)13-9-12(19)4-5-14(13)20/h2-9H,10H2,1H3,(H,22,23)/p-1/b6-2+. The highest BCUT2D eigenvalue weighted by atomic mass is 35.5. The predicted octanol–water partition coefficient (Wildman–Crippen LogP) is 3.03. The number of hydrogen-bond acceptors (Lipinski definition) is 5. The van der Waals surface area contributed by atoms with Crippen LogP contribution >= 0.6 is 23.2 Å². The maximum Gasteiger partial charge on any atom is 0.187 e. The third kappa shape index (κ3) is 5.24. The number of ether oxygens (including phenoxy) is 2. The number of aliphatic carboxylic acids is 1. The second-order valence-corrected chi connectivity index (χ2v) is 5.74. The first kappa shape index (κ1) is 18.8. The molecule has 0 heterocycles. The van der Waals surface area contributed by atoms with Crippen molar-refractivity contribution >= 4 is 41.0 Å². The van der Waals surface area contributed by atoms with Gasteiger partial charge in [-0.2, -0.15) is 0 Å². The molecule has 0 spiro atoms. The molecule has 0 aliphatic carbocycles. The molecule has 0 aliphatic rings. The van der Waals surface area contributed by atoms with E-state index in [-0.39, 0.29) is 11.5 Å². The van der Waals surface area contributed by atoms with Crippen LogP contribution in [-0.4, -0.2) is 25.5 Å². The third-order valence-electron chi connectivity index (χ3n) is 3.15. The van der Waals surface area contributed by atoms with Crippen molar-refractivity contribution in [1.29, 1.82) is 0 Å². The molecule has 0 N–H and O–H groups in total. The minimum atomic E-state index is -1.34. The Morgan fingerprint density at radius 2 is 1.88 bits per heavy atom. The van der Waals surface area contributed by atoms with Crippen LogP contribution < -0.4 is 14.6 Å². The summed E-state index contributed by atoms with van der Waals surface area (Å²) in [5, 5.41) is 11.2. The molecule has 0 amide bonds. The molecule has 0 unspecified atom stereocenters. The van der Waals surface area contributed by atoms with E-state index in [1.807, 2.05) is 0 Å². The quantitative estimate of drug-likeness (QED) is 0.545. The number of hydrogen-bond donors (Lipinski definition) is 0. The summed E-state index contributed by atoms with van der Waals surface area (Å²) in [6, 6.07) is 9.44. The lowest BCUT2D eigenvalue weighted by Gasteiger charge is -2.11. The molecule has 2 aromatic rings. The maximum absolute atomic E-state index is 12.2. The lowest BCUT2D eigenvalue weighted by atomic mass is 10.1. The molecule has 0 saturated heterocycles. The molecule has 0 radical (unpaired) electrons. The highest BCUT2D eigenvalue weighted by molar-refractivity contribution is 6.36. The lowest BCUT2D eigenvalue weighted by molar-refractivity contribution is -0.307. The molecule has 0 fully saturated rings. The van der Waals surface area contributed by atoms with Crippen LogP contribution in [0.2, 0.25) is 10.0 Å². The van der Waals surface area contributed by atoms with Crippen LogP contribution in [0.1, 0.15) is 15.9 Å². The molecule has 0 saturated carbocycles. The minimum Gasteiger partial charge on any atom is -0.546 e. The molecule has 5 nitrogen and oxygen atoms in total. The van der Waals surface area contributed by atoms with Crippen molar-refractivity contribution in [2.45, 2.75) is 0 Å². The van der Waals surface area contributed by atoms with Gasteiger partial charge in [-0.3, -0.25) is 4.79 Å². The van der Waals surface area contributed by atoms with Crippen LogP contribution in [0.15, 0.2) is 42.5 Å². The first-order chi connectivity index (χ1) is 11.9.